The summed E-state index contributed by atoms with van der Waals surface area (Å²) in [6, 6.07) is 6.95. The van der Waals surface area contributed by atoms with E-state index in [1.54, 1.807) is 35.3 Å². The molecule has 0 aliphatic carbocycles. The van der Waals surface area contributed by atoms with Gasteiger partial charge in [-0.1, -0.05) is 12.1 Å². The highest BCUT2D eigenvalue weighted by Crippen LogP contribution is 2.16. The quantitative estimate of drug-likeness (QED) is 0.881. The highest BCUT2D eigenvalue weighted by atomic mass is 16.2. The SMILES string of the molecule is CC(C)(C)NC(=O)c1ccccc1NC(=O)CCn1cncn1. The van der Waals surface area contributed by atoms with Gasteiger partial charge in [-0.05, 0) is 32.9 Å². The molecule has 2 aromatic rings. The zero-order valence-corrected chi connectivity index (χ0v) is 13.5. The normalized spacial score (nSPS) is 11.1. The highest BCUT2D eigenvalue weighted by molar-refractivity contribution is 6.03. The van der Waals surface area contributed by atoms with E-state index in [-0.39, 0.29) is 23.8 Å². The predicted octanol–water partition coefficient (Wildman–Crippen LogP) is 1.84. The molecule has 2 N–H and O–H groups in total. The Labute approximate surface area is 135 Å². The van der Waals surface area contributed by atoms with Gasteiger partial charge in [0.2, 0.25) is 5.91 Å². The van der Waals surface area contributed by atoms with Crippen molar-refractivity contribution in [2.24, 2.45) is 0 Å². The van der Waals surface area contributed by atoms with E-state index in [9.17, 15) is 9.59 Å². The topological polar surface area (TPSA) is 88.9 Å². The van der Waals surface area contributed by atoms with E-state index in [0.29, 0.717) is 17.8 Å². The summed E-state index contributed by atoms with van der Waals surface area (Å²) in [5.74, 6) is -0.402. The Bertz CT molecular complexity index is 674. The van der Waals surface area contributed by atoms with Crippen LogP contribution in [0.4, 0.5) is 5.69 Å². The second-order valence-corrected chi connectivity index (χ2v) is 6.21. The van der Waals surface area contributed by atoms with Crippen LogP contribution in [0.1, 0.15) is 37.6 Å². The van der Waals surface area contributed by atoms with E-state index < -0.39 is 0 Å². The number of nitrogens with one attached hydrogen (secondary N) is 2. The lowest BCUT2D eigenvalue weighted by Gasteiger charge is -2.21. The van der Waals surface area contributed by atoms with Crippen LogP contribution in [0.3, 0.4) is 0 Å². The van der Waals surface area contributed by atoms with E-state index in [1.165, 1.54) is 6.33 Å². The molecule has 7 heteroatoms. The molecule has 0 bridgehead atoms. The van der Waals surface area contributed by atoms with E-state index in [2.05, 4.69) is 20.7 Å². The van der Waals surface area contributed by atoms with Crippen LogP contribution in [0.25, 0.3) is 0 Å². The van der Waals surface area contributed by atoms with E-state index >= 15 is 0 Å². The van der Waals surface area contributed by atoms with Crippen LogP contribution in [0.2, 0.25) is 0 Å². The number of hydrogen-bond donors (Lipinski definition) is 2. The van der Waals surface area contributed by atoms with Gasteiger partial charge in [0.1, 0.15) is 12.7 Å². The van der Waals surface area contributed by atoms with Gasteiger partial charge in [0.15, 0.2) is 0 Å². The largest absolute Gasteiger partial charge is 0.347 e. The molecule has 122 valence electrons. The highest BCUT2D eigenvalue weighted by Gasteiger charge is 2.18. The number of carbonyl (C=O) groups is 2. The average molecular weight is 315 g/mol. The fraction of sp³-hybridized carbons (Fsp3) is 0.375. The van der Waals surface area contributed by atoms with Crippen molar-refractivity contribution in [1.29, 1.82) is 0 Å². The van der Waals surface area contributed by atoms with Crippen molar-refractivity contribution in [3.05, 3.63) is 42.5 Å². The third-order valence-corrected chi connectivity index (χ3v) is 2.97. The van der Waals surface area contributed by atoms with Crippen molar-refractivity contribution in [1.82, 2.24) is 20.1 Å². The van der Waals surface area contributed by atoms with Gasteiger partial charge in [-0.3, -0.25) is 14.3 Å². The van der Waals surface area contributed by atoms with Crippen LogP contribution in [0, 0.1) is 0 Å². The fourth-order valence-corrected chi connectivity index (χ4v) is 1.98. The van der Waals surface area contributed by atoms with Crippen LogP contribution in [0.5, 0.6) is 0 Å². The standard InChI is InChI=1S/C16H21N5O2/c1-16(2,3)20-15(23)12-6-4-5-7-13(12)19-14(22)8-9-21-11-17-10-18-21/h4-7,10-11H,8-9H2,1-3H3,(H,19,22)(H,20,23). The predicted molar refractivity (Wildman–Crippen MR) is 86.9 cm³/mol. The summed E-state index contributed by atoms with van der Waals surface area (Å²) in [6.45, 7) is 6.15. The molecule has 1 aromatic carbocycles. The molecule has 0 saturated carbocycles. The van der Waals surface area contributed by atoms with Crippen LogP contribution < -0.4 is 10.6 Å². The Morgan fingerprint density at radius 1 is 1.22 bits per heavy atom. The zero-order valence-electron chi connectivity index (χ0n) is 13.5. The van der Waals surface area contributed by atoms with Gasteiger partial charge in [0, 0.05) is 12.0 Å². The Morgan fingerprint density at radius 3 is 2.61 bits per heavy atom. The van der Waals surface area contributed by atoms with Crippen molar-refractivity contribution in [2.45, 2.75) is 39.3 Å². The summed E-state index contributed by atoms with van der Waals surface area (Å²) in [7, 11) is 0. The minimum absolute atomic E-state index is 0.184. The minimum Gasteiger partial charge on any atom is -0.347 e. The van der Waals surface area contributed by atoms with Crippen molar-refractivity contribution < 1.29 is 9.59 Å². The average Bonchev–Trinajstić information content (AvgIpc) is 2.97. The summed E-state index contributed by atoms with van der Waals surface area (Å²) in [5.41, 5.74) is 0.593. The molecule has 1 heterocycles. The van der Waals surface area contributed by atoms with Gasteiger partial charge in [-0.2, -0.15) is 5.10 Å². The summed E-state index contributed by atoms with van der Waals surface area (Å²) in [4.78, 5) is 28.2. The van der Waals surface area contributed by atoms with E-state index in [0.717, 1.165) is 0 Å². The summed E-state index contributed by atoms with van der Waals surface area (Å²) in [5, 5.41) is 9.61. The molecule has 0 saturated heterocycles. The van der Waals surface area contributed by atoms with Gasteiger partial charge < -0.3 is 10.6 Å². The number of anilines is 1. The lowest BCUT2D eigenvalue weighted by atomic mass is 10.1. The monoisotopic (exact) mass is 315 g/mol. The van der Waals surface area contributed by atoms with Gasteiger partial charge >= 0.3 is 0 Å². The lowest BCUT2D eigenvalue weighted by molar-refractivity contribution is -0.116. The molecule has 1 aromatic heterocycles. The Balaban J connectivity index is 2.02. The first-order valence-electron chi connectivity index (χ1n) is 7.39. The molecule has 0 atom stereocenters. The molecule has 0 aliphatic heterocycles. The van der Waals surface area contributed by atoms with Gasteiger partial charge in [0.05, 0.1) is 17.8 Å². The second kappa shape index (κ2) is 7.04. The molecule has 0 radical (unpaired) electrons. The van der Waals surface area contributed by atoms with E-state index in [1.807, 2.05) is 20.8 Å². The third-order valence-electron chi connectivity index (χ3n) is 2.97. The Hall–Kier alpha value is -2.70. The van der Waals surface area contributed by atoms with Crippen LogP contribution >= 0.6 is 0 Å². The zero-order chi connectivity index (χ0) is 16.9. The van der Waals surface area contributed by atoms with E-state index in [4.69, 9.17) is 0 Å². The number of benzene rings is 1. The van der Waals surface area contributed by atoms with Crippen LogP contribution in [-0.4, -0.2) is 32.1 Å². The molecule has 2 rings (SSSR count). The first-order chi connectivity index (χ1) is 10.8. The minimum atomic E-state index is -0.346. The Morgan fingerprint density at radius 2 is 1.96 bits per heavy atom. The maximum atomic E-state index is 12.3. The van der Waals surface area contributed by atoms with Crippen LogP contribution in [0.15, 0.2) is 36.9 Å². The number of hydrogen-bond acceptors (Lipinski definition) is 4. The van der Waals surface area contributed by atoms with Gasteiger partial charge in [-0.15, -0.1) is 0 Å². The number of rotatable bonds is 5. The van der Waals surface area contributed by atoms with Crippen molar-refractivity contribution in [2.75, 3.05) is 5.32 Å². The smallest absolute Gasteiger partial charge is 0.253 e. The Kier molecular flexibility index (Phi) is 5.10. The number of nitrogens with zero attached hydrogens (tertiary/aromatic N) is 3. The number of para-hydroxylation sites is 1. The van der Waals surface area contributed by atoms with Crippen LogP contribution in [-0.2, 0) is 11.3 Å². The summed E-state index contributed by atoms with van der Waals surface area (Å²) in [6.07, 6.45) is 3.22. The number of carbonyl (C=O) groups excluding carboxylic acids is 2. The molecule has 0 spiro atoms. The molecule has 0 aliphatic rings. The first kappa shape index (κ1) is 16.7. The maximum Gasteiger partial charge on any atom is 0.253 e. The van der Waals surface area contributed by atoms with Crippen molar-refractivity contribution >= 4 is 17.5 Å². The first-order valence-corrected chi connectivity index (χ1v) is 7.39. The lowest BCUT2D eigenvalue weighted by Crippen LogP contribution is -2.40. The molecule has 7 nitrogen and oxygen atoms in total. The molecule has 23 heavy (non-hydrogen) atoms. The number of amides is 2. The van der Waals surface area contributed by atoms with Gasteiger partial charge in [-0.25, -0.2) is 4.98 Å². The summed E-state index contributed by atoms with van der Waals surface area (Å²) >= 11 is 0. The molecular weight excluding hydrogens is 294 g/mol. The number of aromatic nitrogens is 3. The maximum absolute atomic E-state index is 12.3. The fourth-order valence-electron chi connectivity index (χ4n) is 1.98. The number of aryl methyl sites for hydroxylation is 1. The molecule has 2 amide bonds. The van der Waals surface area contributed by atoms with Crippen molar-refractivity contribution in [3.63, 3.8) is 0 Å². The molecule has 0 unspecified atom stereocenters. The van der Waals surface area contributed by atoms with Gasteiger partial charge in [0.25, 0.3) is 5.91 Å². The van der Waals surface area contributed by atoms with Crippen molar-refractivity contribution in [3.8, 4) is 0 Å². The second-order valence-electron chi connectivity index (χ2n) is 6.21. The summed E-state index contributed by atoms with van der Waals surface area (Å²) < 4.78 is 1.58. The molecular formula is C16H21N5O2. The third kappa shape index (κ3) is 5.21. The molecule has 0 fully saturated rings.